The van der Waals surface area contributed by atoms with Crippen LogP contribution in [0.3, 0.4) is 0 Å². The van der Waals surface area contributed by atoms with E-state index in [-0.39, 0.29) is 6.04 Å². The first-order valence-electron chi connectivity index (χ1n) is 6.10. The van der Waals surface area contributed by atoms with E-state index >= 15 is 0 Å². The molecule has 2 rings (SSSR count). The zero-order chi connectivity index (χ0) is 13.0. The molecule has 98 valence electrons. The van der Waals surface area contributed by atoms with Crippen molar-refractivity contribution in [3.05, 3.63) is 34.5 Å². The van der Waals surface area contributed by atoms with Crippen LogP contribution < -0.4 is 10.1 Å². The highest BCUT2D eigenvalue weighted by Crippen LogP contribution is 2.33. The molecule has 2 aromatic heterocycles. The average molecular weight is 265 g/mol. The fraction of sp³-hybridized carbons (Fsp3) is 0.462. The molecule has 0 saturated heterocycles. The van der Waals surface area contributed by atoms with E-state index in [0.717, 1.165) is 24.5 Å². The quantitative estimate of drug-likeness (QED) is 0.872. The maximum Gasteiger partial charge on any atom is 0.134 e. The number of thiophene rings is 1. The molecular formula is C13H19N3OS. The molecule has 0 radical (unpaired) electrons. The van der Waals surface area contributed by atoms with Crippen molar-refractivity contribution in [2.24, 2.45) is 7.05 Å². The highest BCUT2D eigenvalue weighted by atomic mass is 32.1. The minimum atomic E-state index is 0.0971. The van der Waals surface area contributed by atoms with E-state index in [2.05, 4.69) is 22.6 Å². The fourth-order valence-electron chi connectivity index (χ4n) is 1.93. The predicted molar refractivity (Wildman–Crippen MR) is 74.2 cm³/mol. The van der Waals surface area contributed by atoms with Crippen LogP contribution in [0.4, 0.5) is 0 Å². The van der Waals surface area contributed by atoms with Crippen LogP contribution in [-0.2, 0) is 7.05 Å². The van der Waals surface area contributed by atoms with Gasteiger partial charge in [-0.25, -0.2) is 4.98 Å². The third-order valence-electron chi connectivity index (χ3n) is 2.85. The smallest absolute Gasteiger partial charge is 0.134 e. The monoisotopic (exact) mass is 265 g/mol. The average Bonchev–Trinajstić information content (AvgIpc) is 2.99. The number of hydrogen-bond acceptors (Lipinski definition) is 4. The lowest BCUT2D eigenvalue weighted by molar-refractivity contribution is 0.405. The number of ether oxygens (including phenoxy) is 1. The van der Waals surface area contributed by atoms with Crippen LogP contribution in [0.2, 0.25) is 0 Å². The Hall–Kier alpha value is -1.33. The van der Waals surface area contributed by atoms with E-state index in [1.807, 2.05) is 30.1 Å². The summed E-state index contributed by atoms with van der Waals surface area (Å²) < 4.78 is 7.47. The molecule has 0 aliphatic rings. The molecule has 1 N–H and O–H groups in total. The van der Waals surface area contributed by atoms with Gasteiger partial charge in [-0.05, 0) is 24.4 Å². The number of methoxy groups -OCH3 is 1. The van der Waals surface area contributed by atoms with Gasteiger partial charge in [-0.15, -0.1) is 11.3 Å². The lowest BCUT2D eigenvalue weighted by atomic mass is 10.2. The topological polar surface area (TPSA) is 39.1 Å². The van der Waals surface area contributed by atoms with E-state index in [1.165, 1.54) is 4.88 Å². The molecule has 2 heterocycles. The first kappa shape index (κ1) is 13.1. The standard InChI is InChI=1S/C13H19N3OS/c1-4-6-14-11(13-15-7-8-16(13)2)12-10(17-3)5-9-18-12/h5,7-9,11,14H,4,6H2,1-3H3. The Labute approximate surface area is 112 Å². The largest absolute Gasteiger partial charge is 0.496 e. The molecular weight excluding hydrogens is 246 g/mol. The van der Waals surface area contributed by atoms with Crippen LogP contribution in [0.15, 0.2) is 23.8 Å². The van der Waals surface area contributed by atoms with E-state index in [9.17, 15) is 0 Å². The molecule has 0 fully saturated rings. The molecule has 0 aliphatic heterocycles. The summed E-state index contributed by atoms with van der Waals surface area (Å²) in [5, 5.41) is 5.59. The van der Waals surface area contributed by atoms with Gasteiger partial charge in [0.2, 0.25) is 0 Å². The molecule has 0 spiro atoms. The number of imidazole rings is 1. The van der Waals surface area contributed by atoms with Crippen molar-refractivity contribution in [3.63, 3.8) is 0 Å². The Balaban J connectivity index is 2.34. The van der Waals surface area contributed by atoms with Crippen molar-refractivity contribution in [2.75, 3.05) is 13.7 Å². The highest BCUT2D eigenvalue weighted by molar-refractivity contribution is 7.10. The molecule has 0 saturated carbocycles. The molecule has 0 aliphatic carbocycles. The first-order chi connectivity index (χ1) is 8.77. The van der Waals surface area contributed by atoms with Crippen molar-refractivity contribution in [1.82, 2.24) is 14.9 Å². The summed E-state index contributed by atoms with van der Waals surface area (Å²) in [7, 11) is 3.73. The number of hydrogen-bond donors (Lipinski definition) is 1. The molecule has 0 bridgehead atoms. The van der Waals surface area contributed by atoms with Crippen LogP contribution in [0.5, 0.6) is 5.75 Å². The van der Waals surface area contributed by atoms with Crippen LogP contribution in [0.25, 0.3) is 0 Å². The summed E-state index contributed by atoms with van der Waals surface area (Å²) in [6.45, 7) is 3.12. The van der Waals surface area contributed by atoms with Gasteiger partial charge in [-0.3, -0.25) is 0 Å². The SMILES string of the molecule is CCCNC(c1sccc1OC)c1nccn1C. The van der Waals surface area contributed by atoms with Crippen molar-refractivity contribution in [2.45, 2.75) is 19.4 Å². The van der Waals surface area contributed by atoms with E-state index in [0.29, 0.717) is 0 Å². The number of aryl methyl sites for hydroxylation is 1. The second kappa shape index (κ2) is 6.02. The summed E-state index contributed by atoms with van der Waals surface area (Å²) in [4.78, 5) is 5.63. The molecule has 18 heavy (non-hydrogen) atoms. The van der Waals surface area contributed by atoms with Crippen LogP contribution >= 0.6 is 11.3 Å². The lowest BCUT2D eigenvalue weighted by Crippen LogP contribution is -2.25. The number of rotatable bonds is 6. The van der Waals surface area contributed by atoms with Gasteiger partial charge in [0.05, 0.1) is 12.0 Å². The summed E-state index contributed by atoms with van der Waals surface area (Å²) in [5.41, 5.74) is 0. The zero-order valence-electron chi connectivity index (χ0n) is 11.0. The lowest BCUT2D eigenvalue weighted by Gasteiger charge is -2.18. The third-order valence-corrected chi connectivity index (χ3v) is 3.82. The van der Waals surface area contributed by atoms with Gasteiger partial charge in [0.1, 0.15) is 17.6 Å². The van der Waals surface area contributed by atoms with Crippen molar-refractivity contribution in [1.29, 1.82) is 0 Å². The van der Waals surface area contributed by atoms with Gasteiger partial charge in [-0.2, -0.15) is 0 Å². The fourth-order valence-corrected chi connectivity index (χ4v) is 2.86. The summed E-state index contributed by atoms with van der Waals surface area (Å²) in [5.74, 6) is 1.95. The Morgan fingerprint density at radius 2 is 2.39 bits per heavy atom. The summed E-state index contributed by atoms with van der Waals surface area (Å²) >= 11 is 1.70. The Morgan fingerprint density at radius 3 is 3.00 bits per heavy atom. The van der Waals surface area contributed by atoms with Gasteiger partial charge < -0.3 is 14.6 Å². The third kappa shape index (κ3) is 2.57. The number of nitrogens with one attached hydrogen (secondary N) is 1. The molecule has 0 aromatic carbocycles. The second-order valence-electron chi connectivity index (χ2n) is 4.14. The van der Waals surface area contributed by atoms with Gasteiger partial charge in [0.15, 0.2) is 0 Å². The van der Waals surface area contributed by atoms with E-state index in [1.54, 1.807) is 18.4 Å². The van der Waals surface area contributed by atoms with Gasteiger partial charge in [-0.1, -0.05) is 6.92 Å². The normalized spacial score (nSPS) is 12.6. The van der Waals surface area contributed by atoms with E-state index in [4.69, 9.17) is 4.74 Å². The highest BCUT2D eigenvalue weighted by Gasteiger charge is 2.22. The minimum Gasteiger partial charge on any atom is -0.496 e. The molecule has 0 amide bonds. The first-order valence-corrected chi connectivity index (χ1v) is 6.97. The van der Waals surface area contributed by atoms with Crippen LogP contribution in [0, 0.1) is 0 Å². The zero-order valence-corrected chi connectivity index (χ0v) is 11.8. The molecule has 2 aromatic rings. The molecule has 5 heteroatoms. The van der Waals surface area contributed by atoms with Gasteiger partial charge in [0, 0.05) is 19.4 Å². The van der Waals surface area contributed by atoms with E-state index < -0.39 is 0 Å². The number of nitrogens with zero attached hydrogens (tertiary/aromatic N) is 2. The predicted octanol–water partition coefficient (Wildman–Crippen LogP) is 2.58. The number of aromatic nitrogens is 2. The summed E-state index contributed by atoms with van der Waals surface area (Å²) in [6, 6.07) is 2.10. The van der Waals surface area contributed by atoms with Crippen molar-refractivity contribution >= 4 is 11.3 Å². The van der Waals surface area contributed by atoms with Crippen molar-refractivity contribution in [3.8, 4) is 5.75 Å². The van der Waals surface area contributed by atoms with Crippen molar-refractivity contribution < 1.29 is 4.74 Å². The Bertz CT molecular complexity index is 492. The van der Waals surface area contributed by atoms with Gasteiger partial charge in [0.25, 0.3) is 0 Å². The molecule has 1 atom stereocenters. The van der Waals surface area contributed by atoms with Crippen LogP contribution in [0.1, 0.15) is 30.1 Å². The maximum absolute atomic E-state index is 5.42. The molecule has 1 unspecified atom stereocenters. The second-order valence-corrected chi connectivity index (χ2v) is 5.08. The Kier molecular flexibility index (Phi) is 4.38. The van der Waals surface area contributed by atoms with Crippen LogP contribution in [-0.4, -0.2) is 23.2 Å². The Morgan fingerprint density at radius 1 is 1.56 bits per heavy atom. The maximum atomic E-state index is 5.42. The summed E-state index contributed by atoms with van der Waals surface area (Å²) in [6.07, 6.45) is 4.89. The molecule has 4 nitrogen and oxygen atoms in total. The van der Waals surface area contributed by atoms with Gasteiger partial charge >= 0.3 is 0 Å². The minimum absolute atomic E-state index is 0.0971.